The minimum atomic E-state index is -1.29. The number of phenolic OH excluding ortho intramolecular Hbond substituents is 1. The highest BCUT2D eigenvalue weighted by Gasteiger charge is 2.09. The van der Waals surface area contributed by atoms with Crippen molar-refractivity contribution in [3.63, 3.8) is 0 Å². The van der Waals surface area contributed by atoms with Crippen molar-refractivity contribution in [3.8, 4) is 5.75 Å². The fourth-order valence-corrected chi connectivity index (χ4v) is 0.900. The Kier molecular flexibility index (Phi) is 3.01. The molecular formula is C8H10FNO2. The lowest BCUT2D eigenvalue weighted by Gasteiger charge is -2.06. The Bertz CT molecular complexity index is 255. The molecule has 12 heavy (non-hydrogen) atoms. The summed E-state index contributed by atoms with van der Waals surface area (Å²) in [5, 5.41) is 8.99. The lowest BCUT2D eigenvalue weighted by molar-refractivity contribution is 0.0816. The zero-order valence-electron chi connectivity index (χ0n) is 6.40. The van der Waals surface area contributed by atoms with Crippen molar-refractivity contribution in [3.05, 3.63) is 29.8 Å². The van der Waals surface area contributed by atoms with Crippen molar-refractivity contribution >= 4 is 0 Å². The van der Waals surface area contributed by atoms with Gasteiger partial charge in [-0.25, -0.2) is 10.3 Å². The van der Waals surface area contributed by atoms with E-state index in [0.29, 0.717) is 5.56 Å². The van der Waals surface area contributed by atoms with Gasteiger partial charge in [-0.2, -0.15) is 0 Å². The topological polar surface area (TPSA) is 55.5 Å². The maximum Gasteiger partial charge on any atom is 0.150 e. The van der Waals surface area contributed by atoms with E-state index in [1.165, 1.54) is 12.1 Å². The highest BCUT2D eigenvalue weighted by Crippen LogP contribution is 2.20. The first-order valence-corrected chi connectivity index (χ1v) is 3.48. The molecule has 0 aliphatic heterocycles. The van der Waals surface area contributed by atoms with E-state index in [4.69, 9.17) is 11.0 Å². The van der Waals surface area contributed by atoms with E-state index in [1.54, 1.807) is 12.1 Å². The fraction of sp³-hybridized carbons (Fsp3) is 0.250. The molecule has 0 aliphatic carbocycles. The van der Waals surface area contributed by atoms with Gasteiger partial charge < -0.3 is 9.94 Å². The lowest BCUT2D eigenvalue weighted by Crippen LogP contribution is -2.07. The first kappa shape index (κ1) is 8.96. The summed E-state index contributed by atoms with van der Waals surface area (Å²) in [5.74, 6) is 4.74. The Morgan fingerprint density at radius 3 is 2.92 bits per heavy atom. The van der Waals surface area contributed by atoms with Crippen LogP contribution in [0.3, 0.4) is 0 Å². The van der Waals surface area contributed by atoms with Gasteiger partial charge in [0.1, 0.15) is 12.4 Å². The van der Waals surface area contributed by atoms with Crippen LogP contribution >= 0.6 is 0 Å². The predicted molar refractivity (Wildman–Crippen MR) is 42.1 cm³/mol. The van der Waals surface area contributed by atoms with E-state index in [-0.39, 0.29) is 12.4 Å². The van der Waals surface area contributed by atoms with Crippen LogP contribution in [0.4, 0.5) is 4.39 Å². The first-order valence-electron chi connectivity index (χ1n) is 3.48. The van der Waals surface area contributed by atoms with Crippen LogP contribution in [0.1, 0.15) is 11.7 Å². The second-order valence-electron chi connectivity index (χ2n) is 2.40. The molecule has 0 saturated carbocycles. The molecule has 3 N–H and O–H groups in total. The fourth-order valence-electron chi connectivity index (χ4n) is 0.900. The molecule has 1 unspecified atom stereocenters. The van der Waals surface area contributed by atoms with Gasteiger partial charge in [0, 0.05) is 0 Å². The molecule has 0 spiro atoms. The molecule has 0 saturated heterocycles. The molecule has 0 fully saturated rings. The van der Waals surface area contributed by atoms with Gasteiger partial charge in [-0.05, 0) is 17.7 Å². The molecule has 1 atom stereocenters. The van der Waals surface area contributed by atoms with Crippen LogP contribution in [0.25, 0.3) is 0 Å². The van der Waals surface area contributed by atoms with E-state index in [1.807, 2.05) is 0 Å². The van der Waals surface area contributed by atoms with Gasteiger partial charge in [0.05, 0.1) is 0 Å². The largest absolute Gasteiger partial charge is 0.508 e. The minimum Gasteiger partial charge on any atom is -0.508 e. The van der Waals surface area contributed by atoms with Crippen molar-refractivity contribution in [2.45, 2.75) is 6.17 Å². The molecule has 0 heterocycles. The van der Waals surface area contributed by atoms with Crippen molar-refractivity contribution in [2.24, 2.45) is 5.90 Å². The van der Waals surface area contributed by atoms with Crippen LogP contribution in [-0.2, 0) is 4.84 Å². The SMILES string of the molecule is NOCC(F)c1cccc(O)c1. The molecule has 0 radical (unpaired) electrons. The normalized spacial score (nSPS) is 12.8. The summed E-state index contributed by atoms with van der Waals surface area (Å²) in [4.78, 5) is 4.14. The average Bonchev–Trinajstić information content (AvgIpc) is 2.05. The van der Waals surface area contributed by atoms with E-state index >= 15 is 0 Å². The molecule has 1 rings (SSSR count). The van der Waals surface area contributed by atoms with Crippen molar-refractivity contribution in [1.82, 2.24) is 0 Å². The maximum absolute atomic E-state index is 13.0. The van der Waals surface area contributed by atoms with Gasteiger partial charge in [0.25, 0.3) is 0 Å². The van der Waals surface area contributed by atoms with Gasteiger partial charge in [-0.15, -0.1) is 0 Å². The zero-order valence-corrected chi connectivity index (χ0v) is 6.40. The highest BCUT2D eigenvalue weighted by atomic mass is 19.1. The molecule has 1 aromatic rings. The molecule has 0 bridgehead atoms. The molecule has 0 aromatic heterocycles. The van der Waals surface area contributed by atoms with Crippen LogP contribution in [0.15, 0.2) is 24.3 Å². The van der Waals surface area contributed by atoms with E-state index in [2.05, 4.69) is 4.84 Å². The molecular weight excluding hydrogens is 161 g/mol. The summed E-state index contributed by atoms with van der Waals surface area (Å²) in [7, 11) is 0. The minimum absolute atomic E-state index is 0.0344. The maximum atomic E-state index is 13.0. The second-order valence-corrected chi connectivity index (χ2v) is 2.40. The Labute approximate surface area is 69.5 Å². The van der Waals surface area contributed by atoms with Crippen molar-refractivity contribution < 1.29 is 14.3 Å². The standard InChI is InChI=1S/C8H10FNO2/c9-8(5-12-10)6-2-1-3-7(11)4-6/h1-4,8,11H,5,10H2. The zero-order chi connectivity index (χ0) is 8.97. The number of halogens is 1. The highest BCUT2D eigenvalue weighted by molar-refractivity contribution is 5.28. The lowest BCUT2D eigenvalue weighted by atomic mass is 10.1. The molecule has 66 valence electrons. The van der Waals surface area contributed by atoms with Gasteiger partial charge in [-0.3, -0.25) is 0 Å². The number of nitrogens with two attached hydrogens (primary N) is 1. The Balaban J connectivity index is 2.73. The summed E-state index contributed by atoms with van der Waals surface area (Å²) in [6.45, 7) is -0.205. The third kappa shape index (κ3) is 2.18. The van der Waals surface area contributed by atoms with Crippen LogP contribution < -0.4 is 5.90 Å². The van der Waals surface area contributed by atoms with Crippen molar-refractivity contribution in [2.75, 3.05) is 6.61 Å². The third-order valence-corrected chi connectivity index (χ3v) is 1.47. The summed E-state index contributed by atoms with van der Waals surface area (Å²) < 4.78 is 13.0. The number of benzene rings is 1. The van der Waals surface area contributed by atoms with Gasteiger partial charge >= 0.3 is 0 Å². The first-order chi connectivity index (χ1) is 5.74. The smallest absolute Gasteiger partial charge is 0.150 e. The van der Waals surface area contributed by atoms with Gasteiger partial charge in [0.2, 0.25) is 0 Å². The molecule has 3 nitrogen and oxygen atoms in total. The number of alkyl halides is 1. The monoisotopic (exact) mass is 171 g/mol. The average molecular weight is 171 g/mol. The molecule has 0 amide bonds. The van der Waals surface area contributed by atoms with Crippen LogP contribution in [-0.4, -0.2) is 11.7 Å². The number of aromatic hydroxyl groups is 1. The molecule has 4 heteroatoms. The summed E-state index contributed by atoms with van der Waals surface area (Å²) in [6, 6.07) is 5.93. The summed E-state index contributed by atoms with van der Waals surface area (Å²) in [6.07, 6.45) is -1.29. The van der Waals surface area contributed by atoms with Crippen LogP contribution in [0.5, 0.6) is 5.75 Å². The van der Waals surface area contributed by atoms with Crippen molar-refractivity contribution in [1.29, 1.82) is 0 Å². The molecule has 0 aliphatic rings. The molecule has 1 aromatic carbocycles. The van der Waals surface area contributed by atoms with Gasteiger partial charge in [0.15, 0.2) is 6.17 Å². The Morgan fingerprint density at radius 1 is 1.58 bits per heavy atom. The van der Waals surface area contributed by atoms with Crippen LogP contribution in [0, 0.1) is 0 Å². The van der Waals surface area contributed by atoms with E-state index < -0.39 is 6.17 Å². The summed E-state index contributed by atoms with van der Waals surface area (Å²) >= 11 is 0. The number of rotatable bonds is 3. The van der Waals surface area contributed by atoms with Crippen LogP contribution in [0.2, 0.25) is 0 Å². The predicted octanol–water partition coefficient (Wildman–Crippen LogP) is 1.29. The Morgan fingerprint density at radius 2 is 2.33 bits per heavy atom. The Hall–Kier alpha value is -1.13. The summed E-state index contributed by atoms with van der Waals surface area (Å²) in [5.41, 5.74) is 0.362. The second kappa shape index (κ2) is 4.04. The van der Waals surface area contributed by atoms with E-state index in [0.717, 1.165) is 0 Å². The number of phenols is 1. The number of hydrogen-bond donors (Lipinski definition) is 2. The number of hydrogen-bond acceptors (Lipinski definition) is 3. The quantitative estimate of drug-likeness (QED) is 0.674. The van der Waals surface area contributed by atoms with E-state index in [9.17, 15) is 4.39 Å². The third-order valence-electron chi connectivity index (χ3n) is 1.47. The van der Waals surface area contributed by atoms with Gasteiger partial charge in [-0.1, -0.05) is 12.1 Å².